The van der Waals surface area contributed by atoms with Crippen LogP contribution in [0.5, 0.6) is 0 Å². The van der Waals surface area contributed by atoms with Gasteiger partial charge in [0.25, 0.3) is 0 Å². The molecule has 0 aliphatic heterocycles. The van der Waals surface area contributed by atoms with Gasteiger partial charge in [-0.25, -0.2) is 14.4 Å². The normalized spacial score (nSPS) is 28.1. The number of carbonyl (C=O) groups excluding carboxylic acids is 3. The van der Waals surface area contributed by atoms with E-state index in [9.17, 15) is 29.7 Å². The highest BCUT2D eigenvalue weighted by molar-refractivity contribution is 6.00. The zero-order chi connectivity index (χ0) is 25.8. The zero-order valence-electron chi connectivity index (χ0n) is 19.1. The van der Waals surface area contributed by atoms with Gasteiger partial charge in [0.05, 0.1) is 16.7 Å². The van der Waals surface area contributed by atoms with E-state index in [-0.39, 0.29) is 36.0 Å². The molecule has 9 nitrogen and oxygen atoms in total. The van der Waals surface area contributed by atoms with E-state index in [2.05, 4.69) is 0 Å². The van der Waals surface area contributed by atoms with Crippen molar-refractivity contribution in [2.24, 2.45) is 0 Å². The van der Waals surface area contributed by atoms with Crippen LogP contribution in [0.15, 0.2) is 91.1 Å². The van der Waals surface area contributed by atoms with Crippen LogP contribution in [0.4, 0.5) is 0 Å². The highest BCUT2D eigenvalue weighted by Gasteiger charge is 2.33. The van der Waals surface area contributed by atoms with Gasteiger partial charge in [-0.2, -0.15) is 0 Å². The Hall–Kier alpha value is -4.05. The largest absolute Gasteiger partial charge is 0.425 e. The predicted molar refractivity (Wildman–Crippen MR) is 126 cm³/mol. The molecule has 3 aliphatic carbocycles. The number of carbonyl (C=O) groups is 3. The number of rotatable bonds is 6. The number of allylic oxidation sites excluding steroid dienone is 6. The van der Waals surface area contributed by atoms with Crippen LogP contribution in [0.3, 0.4) is 0 Å². The van der Waals surface area contributed by atoms with E-state index in [1.54, 1.807) is 36.5 Å². The van der Waals surface area contributed by atoms with Gasteiger partial charge >= 0.3 is 17.9 Å². The quantitative estimate of drug-likeness (QED) is 0.311. The first-order valence-corrected chi connectivity index (χ1v) is 11.1. The monoisotopic (exact) mass is 492 g/mol. The molecule has 0 radical (unpaired) electrons. The van der Waals surface area contributed by atoms with Gasteiger partial charge in [-0.3, -0.25) is 0 Å². The van der Waals surface area contributed by atoms with Crippen LogP contribution in [0.25, 0.3) is 0 Å². The fraction of sp³-hybridized carbons (Fsp3) is 0.222. The highest BCUT2D eigenvalue weighted by atomic mass is 16.7. The highest BCUT2D eigenvalue weighted by Crippen LogP contribution is 2.26. The Kier molecular flexibility index (Phi) is 6.89. The van der Waals surface area contributed by atoms with E-state index in [0.717, 1.165) is 18.2 Å². The topological polar surface area (TPSA) is 140 Å². The molecule has 0 saturated carbocycles. The second-order valence-corrected chi connectivity index (χ2v) is 8.48. The minimum Gasteiger partial charge on any atom is -0.425 e. The van der Waals surface area contributed by atoms with Gasteiger partial charge in [-0.05, 0) is 36.4 Å². The Bertz CT molecular complexity index is 1090. The predicted octanol–water partition coefficient (Wildman–Crippen LogP) is 2.77. The van der Waals surface area contributed by atoms with E-state index in [1.165, 1.54) is 36.5 Å². The molecule has 0 amide bonds. The van der Waals surface area contributed by atoms with E-state index >= 15 is 0 Å². The molecule has 0 saturated heterocycles. The molecule has 3 unspecified atom stereocenters. The van der Waals surface area contributed by atoms with Crippen LogP contribution in [0, 0.1) is 0 Å². The molecule has 186 valence electrons. The molecule has 0 heterocycles. The van der Waals surface area contributed by atoms with Crippen LogP contribution in [0.1, 0.15) is 50.3 Å². The van der Waals surface area contributed by atoms with Crippen molar-refractivity contribution in [3.8, 4) is 0 Å². The van der Waals surface area contributed by atoms with Crippen LogP contribution in [-0.2, 0) is 14.2 Å². The van der Waals surface area contributed by atoms with Crippen molar-refractivity contribution in [3.05, 3.63) is 108 Å². The zero-order valence-corrected chi connectivity index (χ0v) is 19.1. The summed E-state index contributed by atoms with van der Waals surface area (Å²) in [6.07, 6.45) is 18.2. The lowest BCUT2D eigenvalue weighted by atomic mass is 10.0. The number of benzene rings is 1. The summed E-state index contributed by atoms with van der Waals surface area (Å²) in [4.78, 5) is 38.7. The second kappa shape index (κ2) is 9.90. The Morgan fingerprint density at radius 3 is 1.03 bits per heavy atom. The van der Waals surface area contributed by atoms with Crippen LogP contribution in [-0.4, -0.2) is 50.6 Å². The van der Waals surface area contributed by atoms with Gasteiger partial charge in [-0.1, -0.05) is 54.7 Å². The van der Waals surface area contributed by atoms with Gasteiger partial charge in [0, 0.05) is 19.3 Å². The Morgan fingerprint density at radius 2 is 0.806 bits per heavy atom. The maximum atomic E-state index is 12.9. The van der Waals surface area contributed by atoms with Gasteiger partial charge < -0.3 is 29.5 Å². The summed E-state index contributed by atoms with van der Waals surface area (Å²) in [6.45, 7) is 0. The van der Waals surface area contributed by atoms with Crippen molar-refractivity contribution in [1.82, 2.24) is 0 Å². The summed E-state index contributed by atoms with van der Waals surface area (Å²) in [6, 6.07) is 3.32. The van der Waals surface area contributed by atoms with E-state index in [0.29, 0.717) is 0 Å². The molecule has 0 spiro atoms. The van der Waals surface area contributed by atoms with Gasteiger partial charge in [0.2, 0.25) is 17.4 Å². The first-order valence-electron chi connectivity index (χ1n) is 11.1. The molecular weight excluding hydrogens is 468 g/mol. The van der Waals surface area contributed by atoms with Crippen molar-refractivity contribution in [3.63, 3.8) is 0 Å². The molecule has 0 aromatic heterocycles. The average Bonchev–Trinajstić information content (AvgIpc) is 2.84. The number of esters is 3. The molecule has 3 atom stereocenters. The molecule has 1 aromatic rings. The minimum absolute atomic E-state index is 0.00560. The van der Waals surface area contributed by atoms with Crippen LogP contribution >= 0.6 is 0 Å². The molecule has 3 aliphatic rings. The van der Waals surface area contributed by atoms with Crippen molar-refractivity contribution in [1.29, 1.82) is 0 Å². The first-order chi connectivity index (χ1) is 17.1. The third-order valence-electron chi connectivity index (χ3n) is 5.49. The maximum absolute atomic E-state index is 12.9. The Balaban J connectivity index is 1.63. The fourth-order valence-electron chi connectivity index (χ4n) is 3.63. The second-order valence-electron chi connectivity index (χ2n) is 8.48. The summed E-state index contributed by atoms with van der Waals surface area (Å²) in [5.74, 6) is -8.82. The number of hydrogen-bond acceptors (Lipinski definition) is 9. The lowest BCUT2D eigenvalue weighted by Crippen LogP contribution is -2.34. The molecule has 36 heavy (non-hydrogen) atoms. The lowest BCUT2D eigenvalue weighted by Gasteiger charge is -2.26. The maximum Gasteiger partial charge on any atom is 0.340 e. The molecule has 1 aromatic carbocycles. The summed E-state index contributed by atoms with van der Waals surface area (Å²) in [5.41, 5.74) is -0.778. The van der Waals surface area contributed by atoms with Gasteiger partial charge in [0.15, 0.2) is 0 Å². The lowest BCUT2D eigenvalue weighted by molar-refractivity contribution is -0.126. The molecule has 4 rings (SSSR count). The smallest absolute Gasteiger partial charge is 0.340 e. The van der Waals surface area contributed by atoms with E-state index in [4.69, 9.17) is 14.2 Å². The summed E-state index contributed by atoms with van der Waals surface area (Å²) in [5, 5.41) is 31.5. The standard InChI is InChI=1S/C27H24O9/c28-22(34-25(31)10-4-1-5-11-25)19-16-20(23(29)35-26(32)12-6-2-7-13-26)18-21(17-19)24(30)36-27(33)14-8-3-9-15-27/h1-10,12,14,16-18,31-33H,11,13,15H2. The number of ether oxygens (including phenoxy) is 3. The van der Waals surface area contributed by atoms with Gasteiger partial charge in [0.1, 0.15) is 0 Å². The Labute approximate surface area is 206 Å². The molecule has 0 fully saturated rings. The van der Waals surface area contributed by atoms with E-state index in [1.807, 2.05) is 0 Å². The third-order valence-corrected chi connectivity index (χ3v) is 5.49. The number of hydrogen-bond donors (Lipinski definition) is 3. The third kappa shape index (κ3) is 5.95. The summed E-state index contributed by atoms with van der Waals surface area (Å²) < 4.78 is 15.6. The SMILES string of the molecule is O=C(OC1(O)C=CC=CC1)c1cc(C(=O)OC2(O)C=CC=CC2)cc(C(=O)OC2(O)C=CC=CC2)c1. The summed E-state index contributed by atoms with van der Waals surface area (Å²) in [7, 11) is 0. The van der Waals surface area contributed by atoms with Crippen LogP contribution in [0.2, 0.25) is 0 Å². The average molecular weight is 492 g/mol. The summed E-state index contributed by atoms with van der Waals surface area (Å²) >= 11 is 0. The van der Waals surface area contributed by atoms with Crippen molar-refractivity contribution < 1.29 is 43.9 Å². The molecule has 9 heteroatoms. The molecule has 3 N–H and O–H groups in total. The van der Waals surface area contributed by atoms with Crippen molar-refractivity contribution >= 4 is 17.9 Å². The molecular formula is C27H24O9. The van der Waals surface area contributed by atoms with Crippen molar-refractivity contribution in [2.45, 2.75) is 36.6 Å². The van der Waals surface area contributed by atoms with Crippen molar-refractivity contribution in [2.75, 3.05) is 0 Å². The van der Waals surface area contributed by atoms with Gasteiger partial charge in [-0.15, -0.1) is 0 Å². The van der Waals surface area contributed by atoms with Crippen LogP contribution < -0.4 is 0 Å². The van der Waals surface area contributed by atoms with E-state index < -0.39 is 35.3 Å². The first kappa shape index (κ1) is 25.1. The number of aliphatic hydroxyl groups is 3. The fourth-order valence-corrected chi connectivity index (χ4v) is 3.63. The minimum atomic E-state index is -1.91. The molecule has 0 bridgehead atoms. The Morgan fingerprint density at radius 1 is 0.528 bits per heavy atom.